The number of nitrogens with zero attached hydrogens (tertiary/aromatic N) is 1. The summed E-state index contributed by atoms with van der Waals surface area (Å²) >= 11 is 0. The monoisotopic (exact) mass is 467 g/mol. The van der Waals surface area contributed by atoms with Crippen molar-refractivity contribution in [3.63, 3.8) is 0 Å². The second-order valence-electron chi connectivity index (χ2n) is 6.28. The molecule has 4 nitrogen and oxygen atoms in total. The first-order valence-electron chi connectivity index (χ1n) is 8.51. The number of nitrogens with one attached hydrogen (secondary N) is 2. The van der Waals surface area contributed by atoms with Crippen molar-refractivity contribution in [1.82, 2.24) is 10.6 Å². The molecule has 1 saturated carbocycles. The van der Waals surface area contributed by atoms with E-state index in [1.165, 1.54) is 18.2 Å². The predicted molar refractivity (Wildman–Crippen MR) is 108 cm³/mol. The van der Waals surface area contributed by atoms with E-state index in [4.69, 9.17) is 4.74 Å². The quantitative estimate of drug-likeness (QED) is 0.279. The van der Waals surface area contributed by atoms with Gasteiger partial charge in [0.25, 0.3) is 0 Å². The Labute approximate surface area is 165 Å². The van der Waals surface area contributed by atoms with Crippen LogP contribution in [0.25, 0.3) is 0 Å². The summed E-state index contributed by atoms with van der Waals surface area (Å²) in [5, 5.41) is 6.44. The highest BCUT2D eigenvalue weighted by Crippen LogP contribution is 2.42. The zero-order valence-electron chi connectivity index (χ0n) is 14.9. The van der Waals surface area contributed by atoms with Gasteiger partial charge in [-0.1, -0.05) is 18.9 Å². The van der Waals surface area contributed by atoms with Gasteiger partial charge in [0, 0.05) is 44.8 Å². The van der Waals surface area contributed by atoms with Crippen LogP contribution in [0.2, 0.25) is 0 Å². The number of hydrogen-bond donors (Lipinski definition) is 2. The van der Waals surface area contributed by atoms with Gasteiger partial charge in [0.2, 0.25) is 0 Å². The number of halogens is 3. The highest BCUT2D eigenvalue weighted by molar-refractivity contribution is 14.0. The Kier molecular flexibility index (Phi) is 9.63. The van der Waals surface area contributed by atoms with Gasteiger partial charge in [0.05, 0.1) is 0 Å². The maximum atomic E-state index is 14.3. The Morgan fingerprint density at radius 1 is 1.20 bits per heavy atom. The lowest BCUT2D eigenvalue weighted by molar-refractivity contribution is 0.195. The van der Waals surface area contributed by atoms with Crippen LogP contribution >= 0.6 is 24.0 Å². The number of guanidine groups is 1. The van der Waals surface area contributed by atoms with E-state index in [9.17, 15) is 8.78 Å². The Morgan fingerprint density at radius 2 is 1.84 bits per heavy atom. The number of ether oxygens (including phenoxy) is 1. The molecule has 0 aliphatic heterocycles. The first-order valence-corrected chi connectivity index (χ1v) is 8.51. The SMILES string of the molecule is CN=C(NCCCOC)NCC1(c2c(F)cccc2F)CCCC1.I. The molecule has 25 heavy (non-hydrogen) atoms. The van der Waals surface area contributed by atoms with Crippen molar-refractivity contribution in [2.24, 2.45) is 4.99 Å². The fourth-order valence-corrected chi connectivity index (χ4v) is 3.47. The molecule has 7 heteroatoms. The van der Waals surface area contributed by atoms with E-state index in [0.717, 1.165) is 38.6 Å². The fourth-order valence-electron chi connectivity index (χ4n) is 3.47. The van der Waals surface area contributed by atoms with Crippen LogP contribution in [0.5, 0.6) is 0 Å². The van der Waals surface area contributed by atoms with Crippen LogP contribution in [-0.4, -0.2) is 39.8 Å². The summed E-state index contributed by atoms with van der Waals surface area (Å²) in [4.78, 5) is 4.18. The van der Waals surface area contributed by atoms with Crippen molar-refractivity contribution >= 4 is 29.9 Å². The Morgan fingerprint density at radius 3 is 2.40 bits per heavy atom. The maximum absolute atomic E-state index is 14.3. The average molecular weight is 467 g/mol. The van der Waals surface area contributed by atoms with E-state index in [2.05, 4.69) is 15.6 Å². The molecule has 0 atom stereocenters. The van der Waals surface area contributed by atoms with E-state index in [1.807, 2.05) is 0 Å². The minimum atomic E-state index is -0.514. The zero-order valence-corrected chi connectivity index (χ0v) is 17.2. The van der Waals surface area contributed by atoms with Gasteiger partial charge in [-0.15, -0.1) is 24.0 Å². The summed E-state index contributed by atoms with van der Waals surface area (Å²) in [6.07, 6.45) is 4.38. The molecule has 2 rings (SSSR count). The molecule has 0 aromatic heterocycles. The molecule has 1 aromatic rings. The molecule has 0 unspecified atom stereocenters. The molecule has 0 radical (unpaired) electrons. The van der Waals surface area contributed by atoms with Gasteiger partial charge in [-0.2, -0.15) is 0 Å². The molecular weight excluding hydrogens is 439 g/mol. The molecule has 142 valence electrons. The van der Waals surface area contributed by atoms with E-state index in [1.54, 1.807) is 14.2 Å². The highest BCUT2D eigenvalue weighted by Gasteiger charge is 2.39. The number of methoxy groups -OCH3 is 1. The van der Waals surface area contributed by atoms with E-state index in [0.29, 0.717) is 19.1 Å². The summed E-state index contributed by atoms with van der Waals surface area (Å²) in [5.41, 5.74) is -0.301. The molecule has 2 N–H and O–H groups in total. The van der Waals surface area contributed by atoms with E-state index in [-0.39, 0.29) is 29.5 Å². The number of aliphatic imine (C=N–C) groups is 1. The minimum Gasteiger partial charge on any atom is -0.385 e. The summed E-state index contributed by atoms with van der Waals surface area (Å²) in [5.74, 6) is -0.266. The standard InChI is InChI=1S/C18H27F2N3O.HI/c1-21-17(22-11-6-12-24-2)23-13-18(9-3-4-10-18)16-14(19)7-5-8-15(16)20;/h5,7-8H,3-4,6,9-13H2,1-2H3,(H2,21,22,23);1H. The largest absolute Gasteiger partial charge is 0.385 e. The van der Waals surface area contributed by atoms with Gasteiger partial charge in [-0.25, -0.2) is 8.78 Å². The molecule has 0 saturated heterocycles. The zero-order chi connectivity index (χ0) is 17.4. The third-order valence-corrected chi connectivity index (χ3v) is 4.69. The molecule has 1 aliphatic carbocycles. The van der Waals surface area contributed by atoms with Crippen LogP contribution in [0.15, 0.2) is 23.2 Å². The summed E-state index contributed by atoms with van der Waals surface area (Å²) < 4.78 is 33.6. The number of benzene rings is 1. The summed E-state index contributed by atoms with van der Waals surface area (Å²) in [6, 6.07) is 4.10. The second kappa shape index (κ2) is 10.9. The van der Waals surface area contributed by atoms with Crippen molar-refractivity contribution in [2.75, 3.05) is 33.9 Å². The van der Waals surface area contributed by atoms with Gasteiger partial charge in [0.1, 0.15) is 11.6 Å². The highest BCUT2D eigenvalue weighted by atomic mass is 127. The van der Waals surface area contributed by atoms with Gasteiger partial charge in [-0.05, 0) is 31.4 Å². The van der Waals surface area contributed by atoms with Crippen LogP contribution in [-0.2, 0) is 10.2 Å². The third-order valence-electron chi connectivity index (χ3n) is 4.69. The Hall–Kier alpha value is -0.960. The van der Waals surface area contributed by atoms with Crippen LogP contribution in [0.1, 0.15) is 37.7 Å². The first kappa shape index (κ1) is 22.1. The first-order chi connectivity index (χ1) is 11.6. The lowest BCUT2D eigenvalue weighted by Gasteiger charge is -2.31. The van der Waals surface area contributed by atoms with Crippen molar-refractivity contribution in [2.45, 2.75) is 37.5 Å². The molecule has 0 amide bonds. The fraction of sp³-hybridized carbons (Fsp3) is 0.611. The molecule has 1 fully saturated rings. The lowest BCUT2D eigenvalue weighted by Crippen LogP contribution is -2.45. The number of hydrogen-bond acceptors (Lipinski definition) is 2. The van der Waals surface area contributed by atoms with Crippen LogP contribution in [0.4, 0.5) is 8.78 Å². The lowest BCUT2D eigenvalue weighted by atomic mass is 9.78. The second-order valence-corrected chi connectivity index (χ2v) is 6.28. The topological polar surface area (TPSA) is 45.7 Å². The van der Waals surface area contributed by atoms with Gasteiger partial charge >= 0.3 is 0 Å². The van der Waals surface area contributed by atoms with Crippen molar-refractivity contribution in [3.05, 3.63) is 35.4 Å². The van der Waals surface area contributed by atoms with Crippen molar-refractivity contribution in [3.8, 4) is 0 Å². The van der Waals surface area contributed by atoms with Crippen LogP contribution < -0.4 is 10.6 Å². The normalized spacial score (nSPS) is 16.4. The molecule has 0 heterocycles. The summed E-state index contributed by atoms with van der Waals surface area (Å²) in [6.45, 7) is 1.87. The number of rotatable bonds is 7. The average Bonchev–Trinajstić information content (AvgIpc) is 3.04. The molecular formula is C18H28F2IN3O. The van der Waals surface area contributed by atoms with Crippen molar-refractivity contribution in [1.29, 1.82) is 0 Å². The van der Waals surface area contributed by atoms with Gasteiger partial charge in [-0.3, -0.25) is 4.99 Å². The van der Waals surface area contributed by atoms with E-state index >= 15 is 0 Å². The van der Waals surface area contributed by atoms with Crippen LogP contribution in [0.3, 0.4) is 0 Å². The minimum absolute atomic E-state index is 0. The van der Waals surface area contributed by atoms with Crippen molar-refractivity contribution < 1.29 is 13.5 Å². The van der Waals surface area contributed by atoms with E-state index < -0.39 is 17.0 Å². The smallest absolute Gasteiger partial charge is 0.191 e. The third kappa shape index (κ3) is 5.77. The summed E-state index contributed by atoms with van der Waals surface area (Å²) in [7, 11) is 3.36. The Balaban J connectivity index is 0.00000312. The molecule has 0 spiro atoms. The van der Waals surface area contributed by atoms with Gasteiger partial charge < -0.3 is 15.4 Å². The van der Waals surface area contributed by atoms with Gasteiger partial charge in [0.15, 0.2) is 5.96 Å². The predicted octanol–water partition coefficient (Wildman–Crippen LogP) is 3.60. The maximum Gasteiger partial charge on any atom is 0.191 e. The van der Waals surface area contributed by atoms with Crippen LogP contribution in [0, 0.1) is 11.6 Å². The molecule has 0 bridgehead atoms. The molecule has 1 aromatic carbocycles. The molecule has 1 aliphatic rings. The Bertz CT molecular complexity index is 543.